The number of rotatable bonds is 4. The number of aryl methyl sites for hydroxylation is 2. The second kappa shape index (κ2) is 7.94. The maximum atomic E-state index is 12.9. The van der Waals surface area contributed by atoms with E-state index in [-0.39, 0.29) is 5.91 Å². The third-order valence-corrected chi connectivity index (χ3v) is 5.19. The monoisotopic (exact) mass is 401 g/mol. The third kappa shape index (κ3) is 3.93. The molecule has 1 N–H and O–H groups in total. The summed E-state index contributed by atoms with van der Waals surface area (Å²) in [5, 5.41) is 8.12. The highest BCUT2D eigenvalue weighted by molar-refractivity contribution is 6.33. The molecule has 144 valence electrons. The molecule has 0 bridgehead atoms. The first kappa shape index (κ1) is 19.0. The minimum Gasteiger partial charge on any atom is -0.321 e. The Labute approximate surface area is 174 Å². The summed E-state index contributed by atoms with van der Waals surface area (Å²) in [7, 11) is 0. The molecule has 0 aliphatic heterocycles. The summed E-state index contributed by atoms with van der Waals surface area (Å²) < 4.78 is 1.75. The lowest BCUT2D eigenvalue weighted by Gasteiger charge is -2.08. The van der Waals surface area contributed by atoms with Gasteiger partial charge in [-0.1, -0.05) is 54.1 Å². The maximum Gasteiger partial charge on any atom is 0.276 e. The lowest BCUT2D eigenvalue weighted by atomic mass is 10.1. The van der Waals surface area contributed by atoms with Crippen LogP contribution in [0.25, 0.3) is 16.9 Å². The highest BCUT2D eigenvalue weighted by atomic mass is 35.5. The standard InChI is InChI=1S/C24H20ClN3O/c1-16-12-13-18(14-17(16)2)26-24(29)22-15-23(20-10-6-7-11-21(20)25)28(27-22)19-8-4-3-5-9-19/h3-15H,1-2H3,(H,26,29). The quantitative estimate of drug-likeness (QED) is 0.451. The molecule has 0 spiro atoms. The van der Waals surface area contributed by atoms with Crippen LogP contribution in [0, 0.1) is 13.8 Å². The maximum absolute atomic E-state index is 12.9. The number of para-hydroxylation sites is 1. The number of hydrogen-bond acceptors (Lipinski definition) is 2. The Morgan fingerprint density at radius 2 is 1.62 bits per heavy atom. The molecule has 0 fully saturated rings. The van der Waals surface area contributed by atoms with Gasteiger partial charge in [0.1, 0.15) is 0 Å². The van der Waals surface area contributed by atoms with E-state index in [2.05, 4.69) is 10.4 Å². The van der Waals surface area contributed by atoms with Gasteiger partial charge in [-0.05, 0) is 61.4 Å². The molecule has 1 aromatic heterocycles. The van der Waals surface area contributed by atoms with Gasteiger partial charge in [-0.15, -0.1) is 0 Å². The van der Waals surface area contributed by atoms with Gasteiger partial charge in [0.15, 0.2) is 5.69 Å². The highest BCUT2D eigenvalue weighted by Crippen LogP contribution is 2.30. The van der Waals surface area contributed by atoms with Gasteiger partial charge in [-0.25, -0.2) is 4.68 Å². The summed E-state index contributed by atoms with van der Waals surface area (Å²) in [4.78, 5) is 12.9. The Morgan fingerprint density at radius 3 is 2.34 bits per heavy atom. The van der Waals surface area contributed by atoms with Gasteiger partial charge < -0.3 is 5.32 Å². The van der Waals surface area contributed by atoms with Crippen molar-refractivity contribution in [3.63, 3.8) is 0 Å². The van der Waals surface area contributed by atoms with Crippen molar-refractivity contribution in [2.75, 3.05) is 5.32 Å². The Bertz CT molecular complexity index is 1180. The summed E-state index contributed by atoms with van der Waals surface area (Å²) in [5.74, 6) is -0.267. The van der Waals surface area contributed by atoms with Crippen LogP contribution in [0.2, 0.25) is 5.02 Å². The van der Waals surface area contributed by atoms with E-state index in [1.807, 2.05) is 86.6 Å². The van der Waals surface area contributed by atoms with Crippen LogP contribution in [-0.2, 0) is 0 Å². The molecular weight excluding hydrogens is 382 g/mol. The van der Waals surface area contributed by atoms with E-state index in [0.29, 0.717) is 10.7 Å². The van der Waals surface area contributed by atoms with E-state index in [9.17, 15) is 4.79 Å². The normalized spacial score (nSPS) is 10.7. The number of aromatic nitrogens is 2. The number of benzene rings is 3. The van der Waals surface area contributed by atoms with Crippen molar-refractivity contribution >= 4 is 23.2 Å². The van der Waals surface area contributed by atoms with Crippen molar-refractivity contribution in [3.8, 4) is 16.9 Å². The summed E-state index contributed by atoms with van der Waals surface area (Å²) in [6, 6.07) is 24.8. The molecule has 1 amide bonds. The zero-order chi connectivity index (χ0) is 20.4. The number of nitrogens with zero attached hydrogens (tertiary/aromatic N) is 2. The van der Waals surface area contributed by atoms with Crippen molar-refractivity contribution in [1.29, 1.82) is 0 Å². The molecule has 3 aromatic carbocycles. The van der Waals surface area contributed by atoms with E-state index in [1.165, 1.54) is 5.56 Å². The van der Waals surface area contributed by atoms with Crippen LogP contribution in [-0.4, -0.2) is 15.7 Å². The Balaban J connectivity index is 1.76. The van der Waals surface area contributed by atoms with Crippen LogP contribution >= 0.6 is 11.6 Å². The Kier molecular flexibility index (Phi) is 5.19. The van der Waals surface area contributed by atoms with Gasteiger partial charge in [0, 0.05) is 16.3 Å². The number of halogens is 1. The predicted octanol–water partition coefficient (Wildman–Crippen LogP) is 6.06. The molecule has 4 nitrogen and oxygen atoms in total. The molecule has 0 radical (unpaired) electrons. The van der Waals surface area contributed by atoms with E-state index in [4.69, 9.17) is 11.6 Å². The average Bonchev–Trinajstić information content (AvgIpc) is 3.17. The summed E-state index contributed by atoms with van der Waals surface area (Å²) in [6.45, 7) is 4.06. The van der Waals surface area contributed by atoms with Crippen molar-refractivity contribution < 1.29 is 4.79 Å². The van der Waals surface area contributed by atoms with Gasteiger partial charge in [-0.3, -0.25) is 4.79 Å². The predicted molar refractivity (Wildman–Crippen MR) is 118 cm³/mol. The Hall–Kier alpha value is -3.37. The molecule has 29 heavy (non-hydrogen) atoms. The molecule has 4 aromatic rings. The van der Waals surface area contributed by atoms with Crippen molar-refractivity contribution in [2.45, 2.75) is 13.8 Å². The summed E-state index contributed by atoms with van der Waals surface area (Å²) in [6.07, 6.45) is 0. The molecule has 0 saturated carbocycles. The van der Waals surface area contributed by atoms with E-state index in [1.54, 1.807) is 10.7 Å². The van der Waals surface area contributed by atoms with Crippen molar-refractivity contribution in [2.24, 2.45) is 0 Å². The first-order chi connectivity index (χ1) is 14.0. The van der Waals surface area contributed by atoms with Crippen molar-refractivity contribution in [3.05, 3.63) is 101 Å². The fourth-order valence-corrected chi connectivity index (χ4v) is 3.37. The Morgan fingerprint density at radius 1 is 0.897 bits per heavy atom. The van der Waals surface area contributed by atoms with E-state index >= 15 is 0 Å². The lowest BCUT2D eigenvalue weighted by Crippen LogP contribution is -2.13. The summed E-state index contributed by atoms with van der Waals surface area (Å²) >= 11 is 6.43. The first-order valence-electron chi connectivity index (χ1n) is 9.32. The zero-order valence-electron chi connectivity index (χ0n) is 16.2. The summed E-state index contributed by atoms with van der Waals surface area (Å²) in [5.41, 5.74) is 5.79. The highest BCUT2D eigenvalue weighted by Gasteiger charge is 2.18. The molecular formula is C24H20ClN3O. The third-order valence-electron chi connectivity index (χ3n) is 4.86. The van der Waals surface area contributed by atoms with Gasteiger partial charge in [0.25, 0.3) is 5.91 Å². The largest absolute Gasteiger partial charge is 0.321 e. The van der Waals surface area contributed by atoms with Crippen molar-refractivity contribution in [1.82, 2.24) is 9.78 Å². The lowest BCUT2D eigenvalue weighted by molar-refractivity contribution is 0.102. The SMILES string of the molecule is Cc1ccc(NC(=O)c2cc(-c3ccccc3Cl)n(-c3ccccc3)n2)cc1C. The van der Waals surface area contributed by atoms with Gasteiger partial charge >= 0.3 is 0 Å². The number of anilines is 1. The number of nitrogens with one attached hydrogen (secondary N) is 1. The topological polar surface area (TPSA) is 46.9 Å². The number of carbonyl (C=O) groups excluding carboxylic acids is 1. The van der Waals surface area contributed by atoms with Crippen LogP contribution in [0.3, 0.4) is 0 Å². The molecule has 1 heterocycles. The number of amides is 1. The molecule has 5 heteroatoms. The van der Waals surface area contributed by atoms with Crippen LogP contribution in [0.15, 0.2) is 78.9 Å². The fraction of sp³-hybridized carbons (Fsp3) is 0.0833. The average molecular weight is 402 g/mol. The second-order valence-electron chi connectivity index (χ2n) is 6.90. The van der Waals surface area contributed by atoms with Gasteiger partial charge in [-0.2, -0.15) is 5.10 Å². The smallest absolute Gasteiger partial charge is 0.276 e. The second-order valence-corrected chi connectivity index (χ2v) is 7.30. The minimum absolute atomic E-state index is 0.267. The van der Waals surface area contributed by atoms with E-state index in [0.717, 1.165) is 28.2 Å². The van der Waals surface area contributed by atoms with Crippen LogP contribution in [0.1, 0.15) is 21.6 Å². The van der Waals surface area contributed by atoms with Gasteiger partial charge in [0.2, 0.25) is 0 Å². The molecule has 0 aliphatic carbocycles. The first-order valence-corrected chi connectivity index (χ1v) is 9.70. The van der Waals surface area contributed by atoms with E-state index < -0.39 is 0 Å². The number of hydrogen-bond donors (Lipinski definition) is 1. The van der Waals surface area contributed by atoms with Gasteiger partial charge in [0.05, 0.1) is 11.4 Å². The van der Waals surface area contributed by atoms with Crippen LogP contribution in [0.4, 0.5) is 5.69 Å². The molecule has 0 atom stereocenters. The fourth-order valence-electron chi connectivity index (χ4n) is 3.13. The molecule has 0 aliphatic rings. The zero-order valence-corrected chi connectivity index (χ0v) is 16.9. The van der Waals surface area contributed by atoms with Crippen LogP contribution in [0.5, 0.6) is 0 Å². The molecule has 0 saturated heterocycles. The minimum atomic E-state index is -0.267. The number of carbonyl (C=O) groups is 1. The molecule has 0 unspecified atom stereocenters. The van der Waals surface area contributed by atoms with Crippen LogP contribution < -0.4 is 5.32 Å². The molecule has 4 rings (SSSR count).